The van der Waals surface area contributed by atoms with Gasteiger partial charge in [-0.2, -0.15) is 13.2 Å². The van der Waals surface area contributed by atoms with Gasteiger partial charge in [0.1, 0.15) is 0 Å². The van der Waals surface area contributed by atoms with Gasteiger partial charge in [0.25, 0.3) is 5.91 Å². The largest absolute Gasteiger partial charge is 0.417 e. The molecule has 3 aromatic rings. The number of alkyl halides is 3. The molecule has 3 aromatic carbocycles. The van der Waals surface area contributed by atoms with Crippen molar-refractivity contribution in [1.29, 1.82) is 0 Å². The van der Waals surface area contributed by atoms with Crippen molar-refractivity contribution in [2.45, 2.75) is 45.3 Å². The fourth-order valence-electron chi connectivity index (χ4n) is 3.60. The predicted octanol–water partition coefficient (Wildman–Crippen LogP) is 8.33. The number of halogens is 6. The number of carbonyl (C=O) groups excluding carboxylic acids is 1. The van der Waals surface area contributed by atoms with E-state index in [0.29, 0.717) is 17.5 Å². The fourth-order valence-corrected chi connectivity index (χ4v) is 4.00. The maximum absolute atomic E-state index is 14.8. The molecule has 0 aliphatic rings. The van der Waals surface area contributed by atoms with Gasteiger partial charge in [-0.05, 0) is 52.8 Å². The quantitative estimate of drug-likeness (QED) is 0.296. The topological polar surface area (TPSA) is 20.3 Å². The highest BCUT2D eigenvalue weighted by molar-refractivity contribution is 6.32. The van der Waals surface area contributed by atoms with Crippen molar-refractivity contribution in [3.05, 3.63) is 104 Å². The lowest BCUT2D eigenvalue weighted by Gasteiger charge is -2.25. The molecule has 0 fully saturated rings. The average molecular weight is 526 g/mol. The maximum atomic E-state index is 14.8. The summed E-state index contributed by atoms with van der Waals surface area (Å²) in [5, 5.41) is -0.544. The Hall–Kier alpha value is -2.57. The van der Waals surface area contributed by atoms with Crippen LogP contribution in [0.5, 0.6) is 0 Å². The van der Waals surface area contributed by atoms with E-state index in [1.807, 2.05) is 36.4 Å². The molecule has 0 spiro atoms. The molecule has 2 nitrogen and oxygen atoms in total. The zero-order valence-corrected chi connectivity index (χ0v) is 21.0. The lowest BCUT2D eigenvalue weighted by Crippen LogP contribution is -2.33. The molecule has 0 aliphatic carbocycles. The van der Waals surface area contributed by atoms with Gasteiger partial charge in [-0.3, -0.25) is 4.79 Å². The highest BCUT2D eigenvalue weighted by atomic mass is 35.5. The number of amides is 1. The highest BCUT2D eigenvalue weighted by Gasteiger charge is 2.36. The number of benzene rings is 3. The van der Waals surface area contributed by atoms with Crippen molar-refractivity contribution in [3.8, 4) is 0 Å². The van der Waals surface area contributed by atoms with E-state index >= 15 is 0 Å². The highest BCUT2D eigenvalue weighted by Crippen LogP contribution is 2.37. The molecule has 0 atom stereocenters. The summed E-state index contributed by atoms with van der Waals surface area (Å²) in [6, 6.07) is 16.3. The van der Waals surface area contributed by atoms with Gasteiger partial charge in [0.05, 0.1) is 16.1 Å². The van der Waals surface area contributed by atoms with Crippen LogP contribution in [0.15, 0.2) is 60.7 Å². The standard InChI is InChI=1S/C27H25Cl2F4NO/c1-26(2,3)19-8-4-18(5-9-19)16-34(15-14-17-6-10-20(28)11-7-17)25(35)21-12-13-22(27(31,32)33)23(29)24(21)30/h4-13H,14-16H2,1-3H3. The summed E-state index contributed by atoms with van der Waals surface area (Å²) in [5.74, 6) is -2.13. The molecule has 0 radical (unpaired) electrons. The Balaban J connectivity index is 1.91. The van der Waals surface area contributed by atoms with E-state index in [1.165, 1.54) is 4.90 Å². The number of hydrogen-bond donors (Lipinski definition) is 0. The number of carbonyl (C=O) groups is 1. The molecule has 0 aliphatic heterocycles. The van der Waals surface area contributed by atoms with Crippen molar-refractivity contribution in [1.82, 2.24) is 4.90 Å². The zero-order chi connectivity index (χ0) is 26.0. The van der Waals surface area contributed by atoms with Crippen LogP contribution in [0.3, 0.4) is 0 Å². The Morgan fingerprint density at radius 2 is 1.43 bits per heavy atom. The Kier molecular flexibility index (Phi) is 8.17. The van der Waals surface area contributed by atoms with Gasteiger partial charge in [-0.15, -0.1) is 0 Å². The lowest BCUT2D eigenvalue weighted by molar-refractivity contribution is -0.137. The van der Waals surface area contributed by atoms with E-state index in [4.69, 9.17) is 23.2 Å². The first-order valence-electron chi connectivity index (χ1n) is 11.0. The van der Waals surface area contributed by atoms with Gasteiger partial charge in [0.15, 0.2) is 5.82 Å². The summed E-state index contributed by atoms with van der Waals surface area (Å²) in [4.78, 5) is 14.7. The monoisotopic (exact) mass is 525 g/mol. The summed E-state index contributed by atoms with van der Waals surface area (Å²) in [7, 11) is 0. The minimum absolute atomic E-state index is 0.0529. The molecule has 8 heteroatoms. The minimum atomic E-state index is -4.83. The van der Waals surface area contributed by atoms with Gasteiger partial charge in [0.2, 0.25) is 0 Å². The molecule has 0 saturated heterocycles. The smallest absolute Gasteiger partial charge is 0.334 e. The first-order valence-corrected chi connectivity index (χ1v) is 11.7. The molecule has 35 heavy (non-hydrogen) atoms. The van der Waals surface area contributed by atoms with Gasteiger partial charge >= 0.3 is 6.18 Å². The van der Waals surface area contributed by atoms with Crippen LogP contribution in [0.2, 0.25) is 10.0 Å². The fraction of sp³-hybridized carbons (Fsp3) is 0.296. The molecule has 0 saturated carbocycles. The second-order valence-electron chi connectivity index (χ2n) is 9.34. The van der Waals surface area contributed by atoms with Gasteiger partial charge in [-0.1, -0.05) is 80.4 Å². The molecule has 0 aromatic heterocycles. The zero-order valence-electron chi connectivity index (χ0n) is 19.5. The Morgan fingerprint density at radius 1 is 0.857 bits per heavy atom. The normalized spacial score (nSPS) is 12.0. The predicted molar refractivity (Wildman–Crippen MR) is 131 cm³/mol. The molecular weight excluding hydrogens is 501 g/mol. The summed E-state index contributed by atoms with van der Waals surface area (Å²) in [6.07, 6.45) is -4.39. The maximum Gasteiger partial charge on any atom is 0.417 e. The van der Waals surface area contributed by atoms with Crippen LogP contribution in [-0.4, -0.2) is 17.4 Å². The van der Waals surface area contributed by atoms with E-state index in [0.717, 1.165) is 22.8 Å². The summed E-state index contributed by atoms with van der Waals surface area (Å²) < 4.78 is 54.2. The van der Waals surface area contributed by atoms with Crippen molar-refractivity contribution >= 4 is 29.1 Å². The van der Waals surface area contributed by atoms with E-state index in [1.54, 1.807) is 12.1 Å². The molecule has 0 bridgehead atoms. The van der Waals surface area contributed by atoms with Crippen LogP contribution < -0.4 is 0 Å². The molecule has 1 amide bonds. The van der Waals surface area contributed by atoms with Crippen molar-refractivity contribution in [2.24, 2.45) is 0 Å². The van der Waals surface area contributed by atoms with Crippen LogP contribution in [-0.2, 0) is 24.6 Å². The van der Waals surface area contributed by atoms with Crippen molar-refractivity contribution in [2.75, 3.05) is 6.54 Å². The third-order valence-corrected chi connectivity index (χ3v) is 6.30. The SMILES string of the molecule is CC(C)(C)c1ccc(CN(CCc2ccc(Cl)cc2)C(=O)c2ccc(C(F)(F)F)c(Cl)c2F)cc1. The number of nitrogens with zero attached hydrogens (tertiary/aromatic N) is 1. The van der Waals surface area contributed by atoms with E-state index in [-0.39, 0.29) is 18.5 Å². The molecular formula is C27H25Cl2F4NO. The summed E-state index contributed by atoms with van der Waals surface area (Å²) >= 11 is 11.6. The van der Waals surface area contributed by atoms with E-state index in [9.17, 15) is 22.4 Å². The first kappa shape index (κ1) is 27.0. The summed E-state index contributed by atoms with van der Waals surface area (Å²) in [5.41, 5.74) is 0.940. The minimum Gasteiger partial charge on any atom is -0.334 e. The van der Waals surface area contributed by atoms with Crippen LogP contribution in [0.1, 0.15) is 53.4 Å². The molecule has 186 valence electrons. The van der Waals surface area contributed by atoms with Crippen LogP contribution >= 0.6 is 23.2 Å². The van der Waals surface area contributed by atoms with Gasteiger partial charge in [-0.25, -0.2) is 4.39 Å². The van der Waals surface area contributed by atoms with Gasteiger partial charge < -0.3 is 4.90 Å². The molecule has 0 heterocycles. The number of hydrogen-bond acceptors (Lipinski definition) is 1. The second kappa shape index (κ2) is 10.6. The second-order valence-corrected chi connectivity index (χ2v) is 10.2. The Bertz CT molecular complexity index is 1180. The summed E-state index contributed by atoms with van der Waals surface area (Å²) in [6.45, 7) is 6.61. The third-order valence-electron chi connectivity index (χ3n) is 5.68. The first-order chi connectivity index (χ1) is 16.3. The van der Waals surface area contributed by atoms with Crippen LogP contribution in [0.25, 0.3) is 0 Å². The van der Waals surface area contributed by atoms with Crippen LogP contribution in [0.4, 0.5) is 17.6 Å². The lowest BCUT2D eigenvalue weighted by atomic mass is 9.87. The molecule has 0 unspecified atom stereocenters. The van der Waals surface area contributed by atoms with Crippen LogP contribution in [0, 0.1) is 5.82 Å². The molecule has 3 rings (SSSR count). The molecule has 0 N–H and O–H groups in total. The van der Waals surface area contributed by atoms with Crippen molar-refractivity contribution < 1.29 is 22.4 Å². The number of rotatable bonds is 6. The van der Waals surface area contributed by atoms with E-state index < -0.39 is 34.1 Å². The average Bonchev–Trinajstić information content (AvgIpc) is 2.78. The van der Waals surface area contributed by atoms with Crippen molar-refractivity contribution in [3.63, 3.8) is 0 Å². The van der Waals surface area contributed by atoms with Gasteiger partial charge in [0, 0.05) is 18.1 Å². The van der Waals surface area contributed by atoms with E-state index in [2.05, 4.69) is 20.8 Å². The Labute approximate surface area is 212 Å². The Morgan fingerprint density at radius 3 is 1.97 bits per heavy atom. The third kappa shape index (κ3) is 6.77.